The van der Waals surface area contributed by atoms with Crippen LogP contribution in [0.5, 0.6) is 0 Å². The first-order valence-corrected chi connectivity index (χ1v) is 7.10. The summed E-state index contributed by atoms with van der Waals surface area (Å²) in [4.78, 5) is -0.111. The van der Waals surface area contributed by atoms with Crippen LogP contribution in [0.15, 0.2) is 23.1 Å². The van der Waals surface area contributed by atoms with Crippen molar-refractivity contribution in [1.82, 2.24) is 4.72 Å². The molecule has 0 saturated carbocycles. The minimum absolute atomic E-state index is 0.00736. The van der Waals surface area contributed by atoms with Gasteiger partial charge < -0.3 is 5.11 Å². The number of halogens is 1. The summed E-state index contributed by atoms with van der Waals surface area (Å²) in [5.74, 6) is 0. The van der Waals surface area contributed by atoms with E-state index < -0.39 is 16.1 Å². The molecule has 0 aliphatic rings. The van der Waals surface area contributed by atoms with E-state index in [1.807, 2.05) is 0 Å². The Balaban J connectivity index is 2.95. The molecule has 0 aliphatic heterocycles. The van der Waals surface area contributed by atoms with Crippen LogP contribution in [0.3, 0.4) is 0 Å². The number of hydrogen-bond acceptors (Lipinski definition) is 4. The number of sulfonamides is 1. The fourth-order valence-electron chi connectivity index (χ4n) is 1.30. The fourth-order valence-corrected chi connectivity index (χ4v) is 2.66. The Bertz CT molecular complexity index is 564. The zero-order chi connectivity index (χ0) is 13.8. The lowest BCUT2D eigenvalue weighted by Gasteiger charge is -2.09. The molecule has 0 bridgehead atoms. The van der Waals surface area contributed by atoms with Crippen molar-refractivity contribution in [3.8, 4) is 6.07 Å². The Morgan fingerprint density at radius 2 is 2.22 bits per heavy atom. The highest BCUT2D eigenvalue weighted by molar-refractivity contribution is 7.89. The first-order chi connectivity index (χ1) is 8.36. The van der Waals surface area contributed by atoms with Gasteiger partial charge in [0.2, 0.25) is 10.0 Å². The number of hydrogen-bond donors (Lipinski definition) is 2. The molecule has 1 aromatic carbocycles. The van der Waals surface area contributed by atoms with Gasteiger partial charge in [-0.1, -0.05) is 11.6 Å². The SMILES string of the molecule is CC(O)CCNS(=O)(=O)c1ccc(Cl)cc1C#N. The van der Waals surface area contributed by atoms with Gasteiger partial charge in [0.05, 0.1) is 16.6 Å². The monoisotopic (exact) mass is 288 g/mol. The second-order valence-electron chi connectivity index (χ2n) is 3.79. The number of aliphatic hydroxyl groups excluding tert-OH is 1. The van der Waals surface area contributed by atoms with Gasteiger partial charge >= 0.3 is 0 Å². The molecule has 0 fully saturated rings. The summed E-state index contributed by atoms with van der Waals surface area (Å²) in [6.45, 7) is 1.67. The van der Waals surface area contributed by atoms with Gasteiger partial charge in [0.15, 0.2) is 0 Å². The summed E-state index contributed by atoms with van der Waals surface area (Å²) in [6, 6.07) is 5.78. The van der Waals surface area contributed by atoms with Gasteiger partial charge in [-0.2, -0.15) is 5.26 Å². The highest BCUT2D eigenvalue weighted by Crippen LogP contribution is 2.19. The van der Waals surface area contributed by atoms with E-state index in [1.54, 1.807) is 13.0 Å². The first kappa shape index (κ1) is 14.9. The molecular formula is C11H13ClN2O3S. The maximum Gasteiger partial charge on any atom is 0.241 e. The molecule has 98 valence electrons. The molecule has 0 radical (unpaired) electrons. The summed E-state index contributed by atoms with van der Waals surface area (Å²) in [7, 11) is -3.76. The number of nitrogens with zero attached hydrogens (tertiary/aromatic N) is 1. The van der Waals surface area contributed by atoms with Crippen molar-refractivity contribution in [2.75, 3.05) is 6.54 Å². The van der Waals surface area contributed by atoms with Crippen LogP contribution in [-0.2, 0) is 10.0 Å². The largest absolute Gasteiger partial charge is 0.393 e. The van der Waals surface area contributed by atoms with Crippen LogP contribution in [0.25, 0.3) is 0 Å². The zero-order valence-corrected chi connectivity index (χ0v) is 11.3. The van der Waals surface area contributed by atoms with Crippen LogP contribution in [-0.4, -0.2) is 26.2 Å². The van der Waals surface area contributed by atoms with Crippen molar-refractivity contribution >= 4 is 21.6 Å². The summed E-state index contributed by atoms with van der Waals surface area (Å²) in [5, 5.41) is 18.2. The van der Waals surface area contributed by atoms with E-state index in [9.17, 15) is 8.42 Å². The summed E-state index contributed by atoms with van der Waals surface area (Å²) >= 11 is 5.69. The lowest BCUT2D eigenvalue weighted by molar-refractivity contribution is 0.186. The summed E-state index contributed by atoms with van der Waals surface area (Å²) < 4.78 is 26.2. The van der Waals surface area contributed by atoms with Gasteiger partial charge in [0.1, 0.15) is 6.07 Å². The predicted octanol–water partition coefficient (Wildman–Crippen LogP) is 1.26. The highest BCUT2D eigenvalue weighted by Gasteiger charge is 2.18. The standard InChI is InChI=1S/C11H13ClN2O3S/c1-8(15)4-5-14-18(16,17)11-3-2-10(12)6-9(11)7-13/h2-3,6,8,14-15H,4-5H2,1H3. The quantitative estimate of drug-likeness (QED) is 0.853. The molecule has 5 nitrogen and oxygen atoms in total. The highest BCUT2D eigenvalue weighted by atomic mass is 35.5. The molecule has 18 heavy (non-hydrogen) atoms. The Morgan fingerprint density at radius 3 is 2.78 bits per heavy atom. The molecule has 0 amide bonds. The number of benzene rings is 1. The topological polar surface area (TPSA) is 90.2 Å². The Kier molecular flexibility index (Phi) is 5.11. The normalized spacial score (nSPS) is 13.0. The molecule has 0 spiro atoms. The maximum absolute atomic E-state index is 11.9. The van der Waals surface area contributed by atoms with Gasteiger partial charge in [-0.3, -0.25) is 0 Å². The van der Waals surface area contributed by atoms with Crippen LogP contribution in [0.4, 0.5) is 0 Å². The third-order valence-corrected chi connectivity index (χ3v) is 3.96. The molecule has 7 heteroatoms. The second kappa shape index (κ2) is 6.16. The Labute approximate surface area is 111 Å². The molecule has 2 N–H and O–H groups in total. The molecule has 1 unspecified atom stereocenters. The van der Waals surface area contributed by atoms with E-state index in [1.165, 1.54) is 18.2 Å². The second-order valence-corrected chi connectivity index (χ2v) is 5.96. The fraction of sp³-hybridized carbons (Fsp3) is 0.364. The lowest BCUT2D eigenvalue weighted by atomic mass is 10.2. The molecule has 1 atom stereocenters. The molecule has 0 saturated heterocycles. The zero-order valence-electron chi connectivity index (χ0n) is 9.72. The van der Waals surface area contributed by atoms with E-state index in [0.29, 0.717) is 11.4 Å². The summed E-state index contributed by atoms with van der Waals surface area (Å²) in [5.41, 5.74) is -0.00736. The molecule has 0 aliphatic carbocycles. The van der Waals surface area contributed by atoms with E-state index >= 15 is 0 Å². The Morgan fingerprint density at radius 1 is 1.56 bits per heavy atom. The van der Waals surface area contributed by atoms with Crippen LogP contribution in [0, 0.1) is 11.3 Å². The van der Waals surface area contributed by atoms with Gasteiger partial charge in [-0.05, 0) is 31.5 Å². The summed E-state index contributed by atoms with van der Waals surface area (Å²) in [6.07, 6.45) is -0.289. The number of rotatable bonds is 5. The molecule has 0 aromatic heterocycles. The molecular weight excluding hydrogens is 276 g/mol. The van der Waals surface area contributed by atoms with Crippen LogP contribution < -0.4 is 4.72 Å². The minimum atomic E-state index is -3.76. The maximum atomic E-state index is 11.9. The average molecular weight is 289 g/mol. The smallest absolute Gasteiger partial charge is 0.241 e. The Hall–Kier alpha value is -1.13. The van der Waals surface area contributed by atoms with E-state index in [4.69, 9.17) is 22.0 Å². The van der Waals surface area contributed by atoms with Crippen molar-refractivity contribution < 1.29 is 13.5 Å². The van der Waals surface area contributed by atoms with Crippen molar-refractivity contribution in [2.45, 2.75) is 24.3 Å². The first-order valence-electron chi connectivity index (χ1n) is 5.24. The number of nitriles is 1. The van der Waals surface area contributed by atoms with Crippen LogP contribution in [0.2, 0.25) is 5.02 Å². The minimum Gasteiger partial charge on any atom is -0.393 e. The van der Waals surface area contributed by atoms with E-state index in [2.05, 4.69) is 4.72 Å². The van der Waals surface area contributed by atoms with Crippen molar-refractivity contribution in [3.63, 3.8) is 0 Å². The molecule has 0 heterocycles. The average Bonchev–Trinajstić information content (AvgIpc) is 2.27. The molecule has 1 aromatic rings. The van der Waals surface area contributed by atoms with Crippen molar-refractivity contribution in [2.24, 2.45) is 0 Å². The van der Waals surface area contributed by atoms with Crippen molar-refractivity contribution in [1.29, 1.82) is 5.26 Å². The number of nitrogens with one attached hydrogen (secondary N) is 1. The third-order valence-electron chi connectivity index (χ3n) is 2.21. The van der Waals surface area contributed by atoms with Crippen LogP contribution >= 0.6 is 11.6 Å². The van der Waals surface area contributed by atoms with Crippen LogP contribution in [0.1, 0.15) is 18.9 Å². The lowest BCUT2D eigenvalue weighted by Crippen LogP contribution is -2.27. The van der Waals surface area contributed by atoms with E-state index in [-0.39, 0.29) is 17.0 Å². The van der Waals surface area contributed by atoms with Gasteiger partial charge in [0, 0.05) is 11.6 Å². The van der Waals surface area contributed by atoms with Gasteiger partial charge in [0.25, 0.3) is 0 Å². The van der Waals surface area contributed by atoms with Gasteiger partial charge in [-0.25, -0.2) is 13.1 Å². The molecule has 1 rings (SSSR count). The predicted molar refractivity (Wildman–Crippen MR) is 67.7 cm³/mol. The number of aliphatic hydroxyl groups is 1. The third kappa shape index (κ3) is 3.96. The van der Waals surface area contributed by atoms with Gasteiger partial charge in [-0.15, -0.1) is 0 Å². The van der Waals surface area contributed by atoms with E-state index in [0.717, 1.165) is 0 Å². The van der Waals surface area contributed by atoms with Crippen molar-refractivity contribution in [3.05, 3.63) is 28.8 Å².